The van der Waals surface area contributed by atoms with Gasteiger partial charge in [0.25, 0.3) is 5.69 Å². The van der Waals surface area contributed by atoms with Gasteiger partial charge in [0.2, 0.25) is 0 Å². The third-order valence-corrected chi connectivity index (χ3v) is 5.76. The number of piperazine rings is 1. The van der Waals surface area contributed by atoms with Crippen LogP contribution in [0.15, 0.2) is 72.9 Å². The average molecular weight is 413 g/mol. The first-order valence-electron chi connectivity index (χ1n) is 10.4. The predicted octanol–water partition coefficient (Wildman–Crippen LogP) is 3.98. The summed E-state index contributed by atoms with van der Waals surface area (Å²) in [5.41, 5.74) is 6.11. The molecule has 0 atom stereocenters. The van der Waals surface area contributed by atoms with Crippen molar-refractivity contribution < 1.29 is 4.92 Å². The van der Waals surface area contributed by atoms with Gasteiger partial charge in [0, 0.05) is 56.6 Å². The van der Waals surface area contributed by atoms with Crippen molar-refractivity contribution in [2.75, 3.05) is 26.2 Å². The molecule has 0 aliphatic carbocycles. The second kappa shape index (κ2) is 8.29. The summed E-state index contributed by atoms with van der Waals surface area (Å²) in [5, 5.41) is 14.5. The van der Waals surface area contributed by atoms with E-state index in [1.54, 1.807) is 24.3 Å². The second-order valence-corrected chi connectivity index (χ2v) is 7.75. The van der Waals surface area contributed by atoms with Crippen molar-refractivity contribution in [1.82, 2.24) is 19.6 Å². The van der Waals surface area contributed by atoms with Crippen molar-refractivity contribution in [3.05, 3.63) is 88.7 Å². The number of nitrogens with zero attached hydrogens (tertiary/aromatic N) is 4. The molecule has 0 radical (unpaired) electrons. The number of pyridine rings is 1. The molecule has 1 N–H and O–H groups in total. The fourth-order valence-electron chi connectivity index (χ4n) is 4.10. The quantitative estimate of drug-likeness (QED) is 0.396. The molecule has 2 aromatic heterocycles. The normalized spacial score (nSPS) is 14.7. The van der Waals surface area contributed by atoms with Crippen molar-refractivity contribution in [2.45, 2.75) is 6.54 Å². The SMILES string of the molecule is O=[N+]([O-])c1ccc(-c2nc3ccc(-c4ccccc4)cn3c2CN2CCNCC2)cc1. The number of imidazole rings is 1. The number of nitrogens with one attached hydrogen (secondary N) is 1. The van der Waals surface area contributed by atoms with Gasteiger partial charge >= 0.3 is 0 Å². The molecule has 3 heterocycles. The lowest BCUT2D eigenvalue weighted by molar-refractivity contribution is -0.384. The van der Waals surface area contributed by atoms with Gasteiger partial charge in [-0.2, -0.15) is 0 Å². The summed E-state index contributed by atoms with van der Waals surface area (Å²) in [6.45, 7) is 4.67. The fourth-order valence-corrected chi connectivity index (χ4v) is 4.10. The van der Waals surface area contributed by atoms with Crippen LogP contribution in [0.25, 0.3) is 28.0 Å². The monoisotopic (exact) mass is 413 g/mol. The third kappa shape index (κ3) is 3.93. The Balaban J connectivity index is 1.62. The molecule has 4 aromatic rings. The van der Waals surface area contributed by atoms with Crippen LogP contribution in [0.2, 0.25) is 0 Å². The minimum absolute atomic E-state index is 0.0857. The number of nitro benzene ring substituents is 1. The fraction of sp³-hybridized carbons (Fsp3) is 0.208. The van der Waals surface area contributed by atoms with Gasteiger partial charge in [-0.25, -0.2) is 4.98 Å². The zero-order valence-corrected chi connectivity index (χ0v) is 17.1. The van der Waals surface area contributed by atoms with Crippen LogP contribution < -0.4 is 5.32 Å². The predicted molar refractivity (Wildman–Crippen MR) is 121 cm³/mol. The molecular formula is C24H23N5O2. The van der Waals surface area contributed by atoms with E-state index in [0.717, 1.165) is 66.4 Å². The molecule has 0 spiro atoms. The van der Waals surface area contributed by atoms with E-state index in [0.29, 0.717) is 0 Å². The van der Waals surface area contributed by atoms with E-state index >= 15 is 0 Å². The van der Waals surface area contributed by atoms with Crippen molar-refractivity contribution in [1.29, 1.82) is 0 Å². The molecule has 7 nitrogen and oxygen atoms in total. The molecule has 0 bridgehead atoms. The lowest BCUT2D eigenvalue weighted by Gasteiger charge is -2.27. The van der Waals surface area contributed by atoms with Gasteiger partial charge in [0.15, 0.2) is 0 Å². The minimum Gasteiger partial charge on any atom is -0.314 e. The number of hydrogen-bond donors (Lipinski definition) is 1. The molecule has 0 unspecified atom stereocenters. The highest BCUT2D eigenvalue weighted by Gasteiger charge is 2.19. The van der Waals surface area contributed by atoms with Crippen LogP contribution in [0.4, 0.5) is 5.69 Å². The van der Waals surface area contributed by atoms with Gasteiger partial charge in [0.1, 0.15) is 5.65 Å². The van der Waals surface area contributed by atoms with Gasteiger partial charge < -0.3 is 9.72 Å². The smallest absolute Gasteiger partial charge is 0.269 e. The molecule has 1 saturated heterocycles. The Morgan fingerprint density at radius 2 is 1.61 bits per heavy atom. The Morgan fingerprint density at radius 3 is 2.32 bits per heavy atom. The number of nitro groups is 1. The summed E-state index contributed by atoms with van der Waals surface area (Å²) >= 11 is 0. The maximum atomic E-state index is 11.1. The maximum absolute atomic E-state index is 11.1. The van der Waals surface area contributed by atoms with Crippen LogP contribution in [-0.4, -0.2) is 45.4 Å². The van der Waals surface area contributed by atoms with E-state index in [-0.39, 0.29) is 10.6 Å². The zero-order valence-electron chi connectivity index (χ0n) is 17.1. The molecule has 156 valence electrons. The molecule has 2 aromatic carbocycles. The Labute approximate surface area is 180 Å². The van der Waals surface area contributed by atoms with E-state index in [1.807, 2.05) is 24.3 Å². The summed E-state index contributed by atoms with van der Waals surface area (Å²) in [7, 11) is 0. The van der Waals surface area contributed by atoms with Crippen molar-refractivity contribution in [3.63, 3.8) is 0 Å². The van der Waals surface area contributed by atoms with Crippen molar-refractivity contribution in [2.24, 2.45) is 0 Å². The topological polar surface area (TPSA) is 75.7 Å². The van der Waals surface area contributed by atoms with Crippen LogP contribution in [0, 0.1) is 10.1 Å². The number of hydrogen-bond acceptors (Lipinski definition) is 5. The number of rotatable bonds is 5. The highest BCUT2D eigenvalue weighted by atomic mass is 16.6. The molecule has 1 aliphatic heterocycles. The number of aromatic nitrogens is 2. The van der Waals surface area contributed by atoms with Gasteiger partial charge in [0.05, 0.1) is 16.3 Å². The molecule has 0 amide bonds. The number of benzene rings is 2. The summed E-state index contributed by atoms with van der Waals surface area (Å²) in [6.07, 6.45) is 2.14. The van der Waals surface area contributed by atoms with E-state index in [1.165, 1.54) is 0 Å². The van der Waals surface area contributed by atoms with E-state index in [2.05, 4.69) is 39.0 Å². The lowest BCUT2D eigenvalue weighted by Crippen LogP contribution is -2.43. The van der Waals surface area contributed by atoms with Gasteiger partial charge in [-0.3, -0.25) is 15.0 Å². The maximum Gasteiger partial charge on any atom is 0.269 e. The molecule has 31 heavy (non-hydrogen) atoms. The molecule has 1 aliphatic rings. The Bertz CT molecular complexity index is 1210. The molecule has 7 heteroatoms. The Kier molecular flexibility index (Phi) is 5.19. The molecule has 5 rings (SSSR count). The molecule has 1 fully saturated rings. The summed E-state index contributed by atoms with van der Waals surface area (Å²) in [5.74, 6) is 0. The van der Waals surface area contributed by atoms with Gasteiger partial charge in [-0.05, 0) is 35.4 Å². The van der Waals surface area contributed by atoms with Crippen LogP contribution in [0.5, 0.6) is 0 Å². The van der Waals surface area contributed by atoms with Crippen LogP contribution in [0.3, 0.4) is 0 Å². The van der Waals surface area contributed by atoms with E-state index in [9.17, 15) is 10.1 Å². The van der Waals surface area contributed by atoms with Crippen LogP contribution in [-0.2, 0) is 6.54 Å². The summed E-state index contributed by atoms with van der Waals surface area (Å²) < 4.78 is 2.17. The van der Waals surface area contributed by atoms with Gasteiger partial charge in [-0.1, -0.05) is 30.3 Å². The number of non-ortho nitro benzene ring substituents is 1. The van der Waals surface area contributed by atoms with Gasteiger partial charge in [-0.15, -0.1) is 0 Å². The second-order valence-electron chi connectivity index (χ2n) is 7.75. The zero-order chi connectivity index (χ0) is 21.2. The standard InChI is InChI=1S/C24H23N5O2/c30-29(31)21-9-6-19(7-10-21)24-22(17-27-14-12-25-13-15-27)28-16-20(8-11-23(28)26-24)18-4-2-1-3-5-18/h1-11,16,25H,12-15,17H2. The van der Waals surface area contributed by atoms with Crippen LogP contribution >= 0.6 is 0 Å². The van der Waals surface area contributed by atoms with Crippen molar-refractivity contribution >= 4 is 11.3 Å². The lowest BCUT2D eigenvalue weighted by atomic mass is 10.1. The average Bonchev–Trinajstić information content (AvgIpc) is 3.18. The first-order valence-corrected chi connectivity index (χ1v) is 10.4. The van der Waals surface area contributed by atoms with Crippen molar-refractivity contribution in [3.8, 4) is 22.4 Å². The molecular weight excluding hydrogens is 390 g/mol. The third-order valence-electron chi connectivity index (χ3n) is 5.76. The Hall–Kier alpha value is -3.55. The molecule has 0 saturated carbocycles. The first-order chi connectivity index (χ1) is 15.2. The summed E-state index contributed by atoms with van der Waals surface area (Å²) in [6, 6.07) is 21.1. The number of fused-ring (bicyclic) bond motifs is 1. The van der Waals surface area contributed by atoms with Crippen LogP contribution in [0.1, 0.15) is 5.69 Å². The minimum atomic E-state index is -0.374. The van der Waals surface area contributed by atoms with E-state index in [4.69, 9.17) is 4.98 Å². The largest absolute Gasteiger partial charge is 0.314 e. The first kappa shape index (κ1) is 19.4. The highest BCUT2D eigenvalue weighted by molar-refractivity contribution is 5.70. The summed E-state index contributed by atoms with van der Waals surface area (Å²) in [4.78, 5) is 18.0. The Morgan fingerprint density at radius 1 is 0.903 bits per heavy atom. The highest BCUT2D eigenvalue weighted by Crippen LogP contribution is 2.29. The van der Waals surface area contributed by atoms with E-state index < -0.39 is 0 Å².